The van der Waals surface area contributed by atoms with Gasteiger partial charge in [0, 0.05) is 17.6 Å². The maximum Gasteiger partial charge on any atom is 0.341 e. The third-order valence-electron chi connectivity index (χ3n) is 6.99. The fraction of sp³-hybridized carbons (Fsp3) is 0.393. The van der Waals surface area contributed by atoms with Crippen molar-refractivity contribution >= 4 is 44.9 Å². The molecule has 9 nitrogen and oxygen atoms in total. The van der Waals surface area contributed by atoms with Crippen molar-refractivity contribution in [3.8, 4) is 0 Å². The fourth-order valence-electron chi connectivity index (χ4n) is 5.05. The molecule has 4 aromatic heterocycles. The minimum absolute atomic E-state index is 0.0210. The van der Waals surface area contributed by atoms with Crippen molar-refractivity contribution in [2.75, 3.05) is 11.9 Å². The average Bonchev–Trinajstić information content (AvgIpc) is 3.26. The molecule has 2 N–H and O–H groups in total. The van der Waals surface area contributed by atoms with Crippen LogP contribution in [0.3, 0.4) is 0 Å². The van der Waals surface area contributed by atoms with E-state index in [1.54, 1.807) is 23.8 Å². The summed E-state index contributed by atoms with van der Waals surface area (Å²) < 4.78 is 8.43. The minimum Gasteiger partial charge on any atom is -0.462 e. The molecule has 0 fully saturated rings. The number of anilines is 1. The second kappa shape index (κ2) is 10.5. The first-order chi connectivity index (χ1) is 18.3. The van der Waals surface area contributed by atoms with Crippen LogP contribution in [0, 0.1) is 12.3 Å². The monoisotopic (exact) mass is 533 g/mol. The van der Waals surface area contributed by atoms with Crippen LogP contribution < -0.4 is 16.4 Å². The molecule has 1 amide bonds. The lowest BCUT2D eigenvalue weighted by molar-refractivity contribution is 0.0526. The Balaban J connectivity index is 1.66. The van der Waals surface area contributed by atoms with Gasteiger partial charge in [-0.25, -0.2) is 9.78 Å². The maximum absolute atomic E-state index is 13.7. The lowest BCUT2D eigenvalue weighted by Gasteiger charge is -2.15. The lowest BCUT2D eigenvalue weighted by atomic mass is 9.95. The summed E-state index contributed by atoms with van der Waals surface area (Å²) in [5, 5.41) is 12.5. The zero-order valence-corrected chi connectivity index (χ0v) is 22.7. The Labute approximate surface area is 223 Å². The highest BCUT2D eigenvalue weighted by atomic mass is 32.1. The van der Waals surface area contributed by atoms with E-state index in [9.17, 15) is 14.4 Å². The van der Waals surface area contributed by atoms with E-state index in [1.165, 1.54) is 21.8 Å². The number of ether oxygens (including phenoxy) is 1. The Morgan fingerprint density at radius 1 is 1.21 bits per heavy atom. The first kappa shape index (κ1) is 25.8. The normalized spacial score (nSPS) is 13.0. The van der Waals surface area contributed by atoms with E-state index in [4.69, 9.17) is 15.1 Å². The highest BCUT2D eigenvalue weighted by molar-refractivity contribution is 7.17. The molecule has 0 bridgehead atoms. The molecule has 198 valence electrons. The molecule has 38 heavy (non-hydrogen) atoms. The third kappa shape index (κ3) is 4.42. The summed E-state index contributed by atoms with van der Waals surface area (Å²) in [6.45, 7) is 6.36. The van der Waals surface area contributed by atoms with Crippen molar-refractivity contribution in [1.29, 1.82) is 5.41 Å². The number of rotatable bonds is 7. The average molecular weight is 534 g/mol. The summed E-state index contributed by atoms with van der Waals surface area (Å²) >= 11 is 1.39. The molecule has 4 aromatic rings. The van der Waals surface area contributed by atoms with E-state index in [1.807, 2.05) is 19.9 Å². The minimum atomic E-state index is -0.542. The maximum atomic E-state index is 13.7. The van der Waals surface area contributed by atoms with E-state index in [0.717, 1.165) is 54.5 Å². The molecule has 0 saturated heterocycles. The van der Waals surface area contributed by atoms with Crippen LogP contribution in [0.2, 0.25) is 0 Å². The second-order valence-electron chi connectivity index (χ2n) is 9.54. The number of thiophene rings is 1. The number of unbranched alkanes of at least 4 members (excludes halogenated alkanes) is 1. The number of aryl methyl sites for hydroxylation is 3. The Bertz CT molecular complexity index is 1700. The van der Waals surface area contributed by atoms with Gasteiger partial charge in [-0.05, 0) is 69.2 Å². The van der Waals surface area contributed by atoms with Crippen LogP contribution >= 0.6 is 11.3 Å². The fourth-order valence-corrected chi connectivity index (χ4v) is 6.32. The van der Waals surface area contributed by atoms with Crippen LogP contribution in [-0.4, -0.2) is 32.4 Å². The Morgan fingerprint density at radius 3 is 2.76 bits per heavy atom. The van der Waals surface area contributed by atoms with Gasteiger partial charge in [0.25, 0.3) is 11.5 Å². The number of aromatic nitrogens is 3. The van der Waals surface area contributed by atoms with Gasteiger partial charge in [-0.1, -0.05) is 19.4 Å². The molecule has 0 unspecified atom stereocenters. The molecule has 0 saturated carbocycles. The van der Waals surface area contributed by atoms with Gasteiger partial charge < -0.3 is 14.6 Å². The predicted molar refractivity (Wildman–Crippen MR) is 147 cm³/mol. The smallest absolute Gasteiger partial charge is 0.341 e. The highest BCUT2D eigenvalue weighted by Crippen LogP contribution is 2.38. The van der Waals surface area contributed by atoms with Crippen LogP contribution in [0.1, 0.15) is 76.3 Å². The van der Waals surface area contributed by atoms with E-state index in [2.05, 4.69) is 5.32 Å². The van der Waals surface area contributed by atoms with Crippen LogP contribution in [0.25, 0.3) is 16.7 Å². The summed E-state index contributed by atoms with van der Waals surface area (Å²) in [4.78, 5) is 45.9. The summed E-state index contributed by atoms with van der Waals surface area (Å²) in [5.74, 6) is -0.992. The summed E-state index contributed by atoms with van der Waals surface area (Å²) in [6.07, 6.45) is 6.92. The molecular formula is C28H31N5O4S. The topological polar surface area (TPSA) is 119 Å². The number of hydrogen-bond acceptors (Lipinski definition) is 7. The molecule has 5 rings (SSSR count). The van der Waals surface area contributed by atoms with E-state index in [-0.39, 0.29) is 28.6 Å². The summed E-state index contributed by atoms with van der Waals surface area (Å²) in [5.41, 5.74) is 2.85. The van der Waals surface area contributed by atoms with Gasteiger partial charge >= 0.3 is 5.97 Å². The number of carbonyl (C=O) groups excluding carboxylic acids is 2. The van der Waals surface area contributed by atoms with Gasteiger partial charge in [-0.2, -0.15) is 0 Å². The molecule has 0 atom stereocenters. The molecule has 10 heteroatoms. The Hall–Kier alpha value is -3.79. The molecule has 1 aliphatic rings. The third-order valence-corrected chi connectivity index (χ3v) is 8.20. The van der Waals surface area contributed by atoms with Gasteiger partial charge in [-0.3, -0.25) is 19.4 Å². The van der Waals surface area contributed by atoms with Crippen LogP contribution in [-0.2, 0) is 24.1 Å². The standard InChI is InChI=1S/C28H31N5O4S/c1-4-6-13-32-22(29)18(15-19-24(32)30-23-16(3)10-9-14-33(23)27(19)35)25(34)31-26-21(28(36)37-5-2)17-11-7-8-12-20(17)38-26/h9-10,14-15,29H,4-8,11-13H2,1-3H3,(H,31,34). The van der Waals surface area contributed by atoms with Crippen molar-refractivity contribution in [2.45, 2.75) is 65.8 Å². The Kier molecular flexibility index (Phi) is 7.16. The summed E-state index contributed by atoms with van der Waals surface area (Å²) in [6, 6.07) is 5.12. The quantitative estimate of drug-likeness (QED) is 0.266. The number of amides is 1. The Morgan fingerprint density at radius 2 is 2.00 bits per heavy atom. The SMILES string of the molecule is CCCCn1c(=N)c(C(=O)Nc2sc3c(c2C(=O)OCC)CCCC3)cc2c(=O)n3cccc(C)c3nc21. The second-order valence-corrected chi connectivity index (χ2v) is 10.6. The number of hydrogen-bond donors (Lipinski definition) is 2. The van der Waals surface area contributed by atoms with Crippen LogP contribution in [0.5, 0.6) is 0 Å². The zero-order chi connectivity index (χ0) is 27.0. The van der Waals surface area contributed by atoms with Crippen LogP contribution in [0.4, 0.5) is 5.00 Å². The van der Waals surface area contributed by atoms with E-state index >= 15 is 0 Å². The first-order valence-corrected chi connectivity index (χ1v) is 13.9. The van der Waals surface area contributed by atoms with Crippen molar-refractivity contribution in [3.05, 3.63) is 67.4 Å². The zero-order valence-electron chi connectivity index (χ0n) is 21.8. The number of pyridine rings is 2. The lowest BCUT2D eigenvalue weighted by Crippen LogP contribution is -2.32. The molecule has 0 radical (unpaired) electrons. The number of carbonyl (C=O) groups is 2. The van der Waals surface area contributed by atoms with Gasteiger partial charge in [0.2, 0.25) is 0 Å². The van der Waals surface area contributed by atoms with Gasteiger partial charge in [-0.15, -0.1) is 11.3 Å². The van der Waals surface area contributed by atoms with Crippen molar-refractivity contribution < 1.29 is 14.3 Å². The molecule has 0 aromatic carbocycles. The van der Waals surface area contributed by atoms with Crippen molar-refractivity contribution in [2.24, 2.45) is 0 Å². The van der Waals surface area contributed by atoms with Crippen molar-refractivity contribution in [3.63, 3.8) is 0 Å². The van der Waals surface area contributed by atoms with E-state index < -0.39 is 11.9 Å². The highest BCUT2D eigenvalue weighted by Gasteiger charge is 2.28. The van der Waals surface area contributed by atoms with Gasteiger partial charge in [0.1, 0.15) is 21.8 Å². The summed E-state index contributed by atoms with van der Waals surface area (Å²) in [7, 11) is 0. The molecule has 1 aliphatic carbocycles. The molecule has 4 heterocycles. The first-order valence-electron chi connectivity index (χ1n) is 13.1. The molecule has 0 aliphatic heterocycles. The number of esters is 1. The van der Waals surface area contributed by atoms with Gasteiger partial charge in [0.15, 0.2) is 0 Å². The molecular weight excluding hydrogens is 502 g/mol. The predicted octanol–water partition coefficient (Wildman–Crippen LogP) is 4.61. The van der Waals surface area contributed by atoms with Crippen LogP contribution in [0.15, 0.2) is 29.2 Å². The molecule has 0 spiro atoms. The van der Waals surface area contributed by atoms with Gasteiger partial charge in [0.05, 0.1) is 23.1 Å². The number of nitrogens with zero attached hydrogens (tertiary/aromatic N) is 3. The van der Waals surface area contributed by atoms with Crippen molar-refractivity contribution in [1.82, 2.24) is 14.0 Å². The number of fused-ring (bicyclic) bond motifs is 3. The van der Waals surface area contributed by atoms with E-state index in [0.29, 0.717) is 28.4 Å². The number of nitrogens with one attached hydrogen (secondary N) is 2. The largest absolute Gasteiger partial charge is 0.462 e.